The molecule has 2 saturated heterocycles. The maximum absolute atomic E-state index is 12.1. The lowest BCUT2D eigenvalue weighted by Crippen LogP contribution is -2.42. The van der Waals surface area contributed by atoms with Crippen LogP contribution in [0.3, 0.4) is 0 Å². The number of nitrogens with zero attached hydrogens (tertiary/aromatic N) is 2. The van der Waals surface area contributed by atoms with Gasteiger partial charge in [0.05, 0.1) is 19.8 Å². The van der Waals surface area contributed by atoms with Gasteiger partial charge in [-0.25, -0.2) is 4.99 Å². The lowest BCUT2D eigenvalue weighted by molar-refractivity contribution is -0.129. The molecule has 1 amide bonds. The average Bonchev–Trinajstić information content (AvgIpc) is 3.46. The molecular weight excluding hydrogens is 531 g/mol. The lowest BCUT2D eigenvalue weighted by Gasteiger charge is -2.27. The van der Waals surface area contributed by atoms with Crippen LogP contribution in [0.1, 0.15) is 57.1 Å². The van der Waals surface area contributed by atoms with Gasteiger partial charge in [0.2, 0.25) is 5.91 Å². The van der Waals surface area contributed by atoms with Crippen LogP contribution in [0.2, 0.25) is 0 Å². The second kappa shape index (κ2) is 14.7. The van der Waals surface area contributed by atoms with Crippen molar-refractivity contribution < 1.29 is 14.3 Å². The molecular formula is C25H41IN4O3. The van der Waals surface area contributed by atoms with Crippen molar-refractivity contribution in [3.63, 3.8) is 0 Å². The van der Waals surface area contributed by atoms with E-state index < -0.39 is 0 Å². The predicted molar refractivity (Wildman–Crippen MR) is 143 cm³/mol. The highest BCUT2D eigenvalue weighted by Gasteiger charge is 2.26. The van der Waals surface area contributed by atoms with Crippen molar-refractivity contribution in [1.82, 2.24) is 15.5 Å². The van der Waals surface area contributed by atoms with Crippen molar-refractivity contribution in [3.8, 4) is 5.75 Å². The third-order valence-corrected chi connectivity index (χ3v) is 6.26. The van der Waals surface area contributed by atoms with Gasteiger partial charge < -0.3 is 25.0 Å². The highest BCUT2D eigenvalue weighted by Crippen LogP contribution is 2.23. The number of guanidine groups is 1. The molecule has 33 heavy (non-hydrogen) atoms. The van der Waals surface area contributed by atoms with Crippen molar-refractivity contribution >= 4 is 35.8 Å². The van der Waals surface area contributed by atoms with Gasteiger partial charge in [0, 0.05) is 50.2 Å². The van der Waals surface area contributed by atoms with Gasteiger partial charge in [-0.05, 0) is 51.2 Å². The summed E-state index contributed by atoms with van der Waals surface area (Å²) in [7, 11) is 0. The second-order valence-corrected chi connectivity index (χ2v) is 8.82. The van der Waals surface area contributed by atoms with E-state index >= 15 is 0 Å². The van der Waals surface area contributed by atoms with E-state index in [-0.39, 0.29) is 24.0 Å². The molecule has 3 rings (SSSR count). The molecule has 2 atom stereocenters. The van der Waals surface area contributed by atoms with Crippen LogP contribution in [0.5, 0.6) is 5.75 Å². The number of ether oxygens (including phenoxy) is 2. The van der Waals surface area contributed by atoms with Gasteiger partial charge in [-0.3, -0.25) is 4.79 Å². The Labute approximate surface area is 216 Å². The number of carbonyl (C=O) groups is 1. The maximum atomic E-state index is 12.1. The summed E-state index contributed by atoms with van der Waals surface area (Å²) < 4.78 is 11.6. The van der Waals surface area contributed by atoms with Crippen LogP contribution in [-0.4, -0.2) is 62.3 Å². The van der Waals surface area contributed by atoms with Crippen molar-refractivity contribution in [2.24, 2.45) is 10.9 Å². The molecule has 0 bridgehead atoms. The van der Waals surface area contributed by atoms with E-state index in [1.54, 1.807) is 0 Å². The number of nitrogens with one attached hydrogen (secondary N) is 2. The molecule has 0 saturated carbocycles. The highest BCUT2D eigenvalue weighted by atomic mass is 127. The number of aryl methyl sites for hydroxylation is 1. The van der Waals surface area contributed by atoms with Gasteiger partial charge in [0.15, 0.2) is 5.96 Å². The van der Waals surface area contributed by atoms with E-state index in [0.717, 1.165) is 75.8 Å². The standard InChI is InChI=1S/C25H40N4O3.HI/c1-4-22(29-13-6-7-24(29)30)10-12-27-25(26-5-2)28-16-21-9-8-19(3)15-23(21)32-18-20-11-14-31-17-20;/h8-9,15,20,22H,4-7,10-14,16-18H2,1-3H3,(H2,26,27,28);1H. The smallest absolute Gasteiger partial charge is 0.222 e. The van der Waals surface area contributed by atoms with Crippen molar-refractivity contribution in [2.45, 2.75) is 65.5 Å². The Hall–Kier alpha value is -1.55. The molecule has 7 nitrogen and oxygen atoms in total. The SMILES string of the molecule is CCNC(=NCc1ccc(C)cc1OCC1CCOC1)NCCC(CC)N1CCCC1=O.I. The number of carbonyl (C=O) groups excluding carboxylic acids is 1. The lowest BCUT2D eigenvalue weighted by atomic mass is 10.1. The Bertz CT molecular complexity index is 768. The molecule has 0 spiro atoms. The summed E-state index contributed by atoms with van der Waals surface area (Å²) in [6.07, 6.45) is 4.66. The van der Waals surface area contributed by atoms with Gasteiger partial charge in [-0.1, -0.05) is 19.1 Å². The summed E-state index contributed by atoms with van der Waals surface area (Å²) in [5, 5.41) is 6.78. The topological polar surface area (TPSA) is 75.2 Å². The largest absolute Gasteiger partial charge is 0.493 e. The van der Waals surface area contributed by atoms with Gasteiger partial charge in [0.25, 0.3) is 0 Å². The summed E-state index contributed by atoms with van der Waals surface area (Å²) >= 11 is 0. The van der Waals surface area contributed by atoms with Crippen LogP contribution in [-0.2, 0) is 16.1 Å². The zero-order valence-electron chi connectivity index (χ0n) is 20.4. The number of hydrogen-bond acceptors (Lipinski definition) is 4. The first-order valence-electron chi connectivity index (χ1n) is 12.2. The number of amides is 1. The minimum absolute atomic E-state index is 0. The van der Waals surface area contributed by atoms with Crippen molar-refractivity contribution in [2.75, 3.05) is 39.5 Å². The molecule has 186 valence electrons. The summed E-state index contributed by atoms with van der Waals surface area (Å²) in [5.41, 5.74) is 2.27. The molecule has 8 heteroatoms. The zero-order chi connectivity index (χ0) is 22.8. The van der Waals surface area contributed by atoms with E-state index in [1.165, 1.54) is 5.56 Å². The fraction of sp³-hybridized carbons (Fsp3) is 0.680. The number of likely N-dealkylation sites (tertiary alicyclic amines) is 1. The third kappa shape index (κ3) is 8.63. The molecule has 2 aliphatic rings. The zero-order valence-corrected chi connectivity index (χ0v) is 22.7. The fourth-order valence-corrected chi connectivity index (χ4v) is 4.35. The Morgan fingerprint density at radius 1 is 1.33 bits per heavy atom. The summed E-state index contributed by atoms with van der Waals surface area (Å²) in [6.45, 7) is 11.6. The monoisotopic (exact) mass is 572 g/mol. The Kier molecular flexibility index (Phi) is 12.3. The molecule has 2 unspecified atom stereocenters. The predicted octanol–water partition coefficient (Wildman–Crippen LogP) is 3.87. The molecule has 1 aromatic rings. The summed E-state index contributed by atoms with van der Waals surface area (Å²) in [4.78, 5) is 18.9. The molecule has 2 N–H and O–H groups in total. The highest BCUT2D eigenvalue weighted by molar-refractivity contribution is 14.0. The molecule has 0 aliphatic carbocycles. The van der Waals surface area contributed by atoms with Crippen LogP contribution >= 0.6 is 24.0 Å². The van der Waals surface area contributed by atoms with Crippen LogP contribution in [0.4, 0.5) is 0 Å². The van der Waals surface area contributed by atoms with Crippen molar-refractivity contribution in [1.29, 1.82) is 0 Å². The van der Waals surface area contributed by atoms with Gasteiger partial charge in [-0.2, -0.15) is 0 Å². The Balaban J connectivity index is 0.00000385. The first kappa shape index (κ1) is 27.7. The molecule has 0 radical (unpaired) electrons. The fourth-order valence-electron chi connectivity index (χ4n) is 4.35. The maximum Gasteiger partial charge on any atom is 0.222 e. The minimum atomic E-state index is 0. The van der Waals surface area contributed by atoms with E-state index in [4.69, 9.17) is 14.5 Å². The summed E-state index contributed by atoms with van der Waals surface area (Å²) in [6, 6.07) is 6.61. The molecule has 1 aromatic carbocycles. The molecule has 0 aromatic heterocycles. The van der Waals surface area contributed by atoms with Crippen LogP contribution < -0.4 is 15.4 Å². The number of rotatable bonds is 11. The Morgan fingerprint density at radius 2 is 2.18 bits per heavy atom. The van der Waals surface area contributed by atoms with E-state index in [0.29, 0.717) is 37.4 Å². The van der Waals surface area contributed by atoms with Gasteiger partial charge in [0.1, 0.15) is 5.75 Å². The number of hydrogen-bond donors (Lipinski definition) is 2. The van der Waals surface area contributed by atoms with Crippen LogP contribution in [0.15, 0.2) is 23.2 Å². The van der Waals surface area contributed by atoms with Gasteiger partial charge in [-0.15, -0.1) is 24.0 Å². The minimum Gasteiger partial charge on any atom is -0.493 e. The number of halogens is 1. The first-order valence-corrected chi connectivity index (χ1v) is 12.2. The first-order chi connectivity index (χ1) is 15.6. The second-order valence-electron chi connectivity index (χ2n) is 8.82. The van der Waals surface area contributed by atoms with Crippen molar-refractivity contribution in [3.05, 3.63) is 29.3 Å². The summed E-state index contributed by atoms with van der Waals surface area (Å²) in [5.74, 6) is 2.48. The van der Waals surface area contributed by atoms with E-state index in [1.807, 2.05) is 0 Å². The van der Waals surface area contributed by atoms with E-state index in [9.17, 15) is 4.79 Å². The molecule has 2 heterocycles. The van der Waals surface area contributed by atoms with Crippen LogP contribution in [0.25, 0.3) is 0 Å². The quantitative estimate of drug-likeness (QED) is 0.239. The van der Waals surface area contributed by atoms with Crippen LogP contribution in [0, 0.1) is 12.8 Å². The Morgan fingerprint density at radius 3 is 2.85 bits per heavy atom. The number of aliphatic imine (C=N–C) groups is 1. The van der Waals surface area contributed by atoms with E-state index in [2.05, 4.69) is 54.5 Å². The number of benzene rings is 1. The molecule has 2 fully saturated rings. The normalized spacial score (nSPS) is 19.4. The molecule has 2 aliphatic heterocycles. The average molecular weight is 573 g/mol. The third-order valence-electron chi connectivity index (χ3n) is 6.26. The van der Waals surface area contributed by atoms with Gasteiger partial charge >= 0.3 is 0 Å².